The Kier molecular flexibility index (Phi) is 4.36. The maximum atomic E-state index is 12.4. The van der Waals surface area contributed by atoms with Gasteiger partial charge >= 0.3 is 5.97 Å². The van der Waals surface area contributed by atoms with Gasteiger partial charge in [-0.2, -0.15) is 4.31 Å². The molecule has 0 bridgehead atoms. The van der Waals surface area contributed by atoms with Gasteiger partial charge in [0.2, 0.25) is 10.0 Å². The summed E-state index contributed by atoms with van der Waals surface area (Å²) in [5.74, 6) is -0.883. The van der Waals surface area contributed by atoms with Crippen LogP contribution in [0.15, 0.2) is 29.2 Å². The summed E-state index contributed by atoms with van der Waals surface area (Å²) in [6.45, 7) is 2.02. The fourth-order valence-corrected chi connectivity index (χ4v) is 3.90. The van der Waals surface area contributed by atoms with Crippen molar-refractivity contribution in [3.63, 3.8) is 0 Å². The first kappa shape index (κ1) is 15.9. The molecule has 1 heterocycles. The summed E-state index contributed by atoms with van der Waals surface area (Å²) < 4.78 is 26.1. The predicted molar refractivity (Wildman–Crippen MR) is 76.4 cm³/mol. The fourth-order valence-electron chi connectivity index (χ4n) is 2.34. The van der Waals surface area contributed by atoms with Crippen LogP contribution in [0.25, 0.3) is 0 Å². The molecule has 0 aliphatic carbocycles. The summed E-state index contributed by atoms with van der Waals surface area (Å²) in [7, 11) is -3.60. The quantitative estimate of drug-likeness (QED) is 0.840. The normalized spacial score (nSPS) is 23.3. The molecule has 1 fully saturated rings. The van der Waals surface area contributed by atoms with Gasteiger partial charge < -0.3 is 10.2 Å². The number of rotatable bonds is 5. The second kappa shape index (κ2) is 5.75. The third kappa shape index (κ3) is 3.81. The standard InChI is InChI=1S/C14H19NO5S/c1-14(18)8-9-15(10-14)21(19,20)12-5-2-11(3-6-12)4-7-13(16)17/h2-3,5-6,18H,4,7-10H2,1H3,(H,16,17). The highest BCUT2D eigenvalue weighted by Crippen LogP contribution is 2.26. The Morgan fingerprint density at radius 2 is 1.95 bits per heavy atom. The Morgan fingerprint density at radius 1 is 1.33 bits per heavy atom. The second-order valence-corrected chi connectivity index (χ2v) is 7.56. The molecule has 1 aliphatic rings. The summed E-state index contributed by atoms with van der Waals surface area (Å²) in [6.07, 6.45) is 0.804. The van der Waals surface area contributed by atoms with Crippen molar-refractivity contribution >= 4 is 16.0 Å². The average molecular weight is 313 g/mol. The molecule has 1 aromatic carbocycles. The summed E-state index contributed by atoms with van der Waals surface area (Å²) in [5.41, 5.74) is -0.195. The van der Waals surface area contributed by atoms with Crippen molar-refractivity contribution in [2.45, 2.75) is 36.7 Å². The van der Waals surface area contributed by atoms with Crippen molar-refractivity contribution in [1.82, 2.24) is 4.31 Å². The molecule has 21 heavy (non-hydrogen) atoms. The van der Waals surface area contributed by atoms with E-state index in [1.807, 2.05) is 0 Å². The number of hydrogen-bond acceptors (Lipinski definition) is 4. The average Bonchev–Trinajstić information content (AvgIpc) is 2.78. The highest BCUT2D eigenvalue weighted by atomic mass is 32.2. The molecule has 1 saturated heterocycles. The monoisotopic (exact) mass is 313 g/mol. The first-order valence-corrected chi connectivity index (χ1v) is 8.18. The predicted octanol–water partition coefficient (Wildman–Crippen LogP) is 0.849. The summed E-state index contributed by atoms with van der Waals surface area (Å²) in [4.78, 5) is 10.7. The van der Waals surface area contributed by atoms with E-state index in [-0.39, 0.29) is 17.9 Å². The van der Waals surface area contributed by atoms with Crippen LogP contribution in [0.2, 0.25) is 0 Å². The summed E-state index contributed by atoms with van der Waals surface area (Å²) in [6, 6.07) is 6.23. The summed E-state index contributed by atoms with van der Waals surface area (Å²) in [5, 5.41) is 18.5. The second-order valence-electron chi connectivity index (χ2n) is 5.62. The van der Waals surface area contributed by atoms with E-state index in [4.69, 9.17) is 5.11 Å². The van der Waals surface area contributed by atoms with Gasteiger partial charge in [0, 0.05) is 19.5 Å². The van der Waals surface area contributed by atoms with E-state index in [0.717, 1.165) is 5.56 Å². The lowest BCUT2D eigenvalue weighted by atomic mass is 10.1. The minimum Gasteiger partial charge on any atom is -0.481 e. The maximum Gasteiger partial charge on any atom is 0.303 e. The van der Waals surface area contributed by atoms with Gasteiger partial charge in [-0.3, -0.25) is 4.79 Å². The smallest absolute Gasteiger partial charge is 0.303 e. The molecule has 1 aromatic rings. The fraction of sp³-hybridized carbons (Fsp3) is 0.500. The highest BCUT2D eigenvalue weighted by molar-refractivity contribution is 7.89. The molecule has 1 atom stereocenters. The minimum absolute atomic E-state index is 0.0150. The molecule has 7 heteroatoms. The van der Waals surface area contributed by atoms with Crippen molar-refractivity contribution in [1.29, 1.82) is 0 Å². The van der Waals surface area contributed by atoms with Crippen molar-refractivity contribution in [3.8, 4) is 0 Å². The first-order valence-electron chi connectivity index (χ1n) is 6.74. The van der Waals surface area contributed by atoms with Crippen LogP contribution >= 0.6 is 0 Å². The zero-order valence-electron chi connectivity index (χ0n) is 11.8. The number of β-amino-alcohol motifs (C(OH)–C–C–N with tert-alkyl or cyclic N) is 1. The van der Waals surface area contributed by atoms with Crippen LogP contribution in [0.3, 0.4) is 0 Å². The van der Waals surface area contributed by atoms with Crippen molar-refractivity contribution < 1.29 is 23.4 Å². The molecule has 0 radical (unpaired) electrons. The maximum absolute atomic E-state index is 12.4. The number of benzene rings is 1. The lowest BCUT2D eigenvalue weighted by molar-refractivity contribution is -0.136. The Bertz CT molecular complexity index is 621. The zero-order valence-corrected chi connectivity index (χ0v) is 12.6. The number of carbonyl (C=O) groups is 1. The number of aliphatic hydroxyl groups is 1. The van der Waals surface area contributed by atoms with Gasteiger partial charge in [-0.25, -0.2) is 8.42 Å². The van der Waals surface area contributed by atoms with Crippen molar-refractivity contribution in [2.24, 2.45) is 0 Å². The van der Waals surface area contributed by atoms with Gasteiger partial charge in [0.05, 0.1) is 10.5 Å². The molecule has 1 unspecified atom stereocenters. The van der Waals surface area contributed by atoms with E-state index in [1.54, 1.807) is 19.1 Å². The van der Waals surface area contributed by atoms with Gasteiger partial charge in [0.25, 0.3) is 0 Å². The number of carboxylic acid groups (broad SMARTS) is 1. The lowest BCUT2D eigenvalue weighted by Crippen LogP contribution is -2.33. The molecule has 6 nitrogen and oxygen atoms in total. The van der Waals surface area contributed by atoms with E-state index in [2.05, 4.69) is 0 Å². The molecular weight excluding hydrogens is 294 g/mol. The van der Waals surface area contributed by atoms with E-state index in [9.17, 15) is 18.3 Å². The molecule has 0 amide bonds. The van der Waals surface area contributed by atoms with E-state index in [0.29, 0.717) is 19.4 Å². The lowest BCUT2D eigenvalue weighted by Gasteiger charge is -2.19. The van der Waals surface area contributed by atoms with Gasteiger partial charge in [0.1, 0.15) is 0 Å². The Morgan fingerprint density at radius 3 is 2.43 bits per heavy atom. The molecule has 116 valence electrons. The molecule has 0 spiro atoms. The van der Waals surface area contributed by atoms with Crippen LogP contribution in [0.1, 0.15) is 25.3 Å². The van der Waals surface area contributed by atoms with Gasteiger partial charge in [-0.05, 0) is 37.5 Å². The molecule has 1 aliphatic heterocycles. The Hall–Kier alpha value is -1.44. The van der Waals surface area contributed by atoms with Crippen LogP contribution in [0.5, 0.6) is 0 Å². The van der Waals surface area contributed by atoms with Gasteiger partial charge in [-0.15, -0.1) is 0 Å². The zero-order chi connectivity index (χ0) is 15.7. The highest BCUT2D eigenvalue weighted by Gasteiger charge is 2.38. The number of aryl methyl sites for hydroxylation is 1. The van der Waals surface area contributed by atoms with E-state index >= 15 is 0 Å². The molecule has 0 aromatic heterocycles. The first-order chi connectivity index (χ1) is 9.71. The molecular formula is C14H19NO5S. The largest absolute Gasteiger partial charge is 0.481 e. The minimum atomic E-state index is -3.60. The topological polar surface area (TPSA) is 94.9 Å². The van der Waals surface area contributed by atoms with E-state index in [1.165, 1.54) is 16.4 Å². The van der Waals surface area contributed by atoms with Crippen LogP contribution in [0, 0.1) is 0 Å². The molecule has 2 N–H and O–H groups in total. The number of aliphatic carboxylic acids is 1. The third-order valence-corrected chi connectivity index (χ3v) is 5.46. The van der Waals surface area contributed by atoms with Crippen molar-refractivity contribution in [3.05, 3.63) is 29.8 Å². The van der Waals surface area contributed by atoms with Crippen LogP contribution in [-0.4, -0.2) is 47.6 Å². The number of sulfonamides is 1. The third-order valence-electron chi connectivity index (χ3n) is 3.61. The van der Waals surface area contributed by atoms with Crippen LogP contribution < -0.4 is 0 Å². The van der Waals surface area contributed by atoms with Gasteiger partial charge in [0.15, 0.2) is 0 Å². The molecule has 2 rings (SSSR count). The number of hydrogen-bond donors (Lipinski definition) is 2. The van der Waals surface area contributed by atoms with Gasteiger partial charge in [-0.1, -0.05) is 12.1 Å². The van der Waals surface area contributed by atoms with Crippen molar-refractivity contribution in [2.75, 3.05) is 13.1 Å². The molecule has 0 saturated carbocycles. The Balaban J connectivity index is 2.12. The number of nitrogens with zero attached hydrogens (tertiary/aromatic N) is 1. The summed E-state index contributed by atoms with van der Waals surface area (Å²) >= 11 is 0. The Labute approximate surface area is 124 Å². The number of carboxylic acids is 1. The SMILES string of the molecule is CC1(O)CCN(S(=O)(=O)c2ccc(CCC(=O)O)cc2)C1. The van der Waals surface area contributed by atoms with E-state index < -0.39 is 21.6 Å². The van der Waals surface area contributed by atoms with Crippen LogP contribution in [0.4, 0.5) is 0 Å². The van der Waals surface area contributed by atoms with Crippen LogP contribution in [-0.2, 0) is 21.2 Å².